The standard InChI is InChI=1S/C11H15F2NO/c1-11(6-14,7-15)5-8-2-3-9(12)4-10(8)13/h2-4,15H,5-7,14H2,1H3. The quantitative estimate of drug-likeness (QED) is 0.798. The van der Waals surface area contributed by atoms with Gasteiger partial charge in [0, 0.05) is 24.6 Å². The van der Waals surface area contributed by atoms with Gasteiger partial charge in [-0.15, -0.1) is 0 Å². The molecule has 0 aliphatic rings. The van der Waals surface area contributed by atoms with Crippen LogP contribution in [0.1, 0.15) is 12.5 Å². The molecule has 0 amide bonds. The number of aliphatic hydroxyl groups excluding tert-OH is 1. The van der Waals surface area contributed by atoms with E-state index in [1.54, 1.807) is 6.92 Å². The Bertz CT molecular complexity index is 337. The Hall–Kier alpha value is -1.00. The zero-order valence-electron chi connectivity index (χ0n) is 8.63. The van der Waals surface area contributed by atoms with Crippen LogP contribution in [0, 0.1) is 17.0 Å². The Morgan fingerprint density at radius 1 is 1.40 bits per heavy atom. The molecule has 0 aromatic heterocycles. The van der Waals surface area contributed by atoms with Crippen molar-refractivity contribution in [1.29, 1.82) is 0 Å². The van der Waals surface area contributed by atoms with Crippen LogP contribution in [0.25, 0.3) is 0 Å². The number of hydrogen-bond acceptors (Lipinski definition) is 2. The first-order chi connectivity index (χ1) is 7.00. The molecule has 4 heteroatoms. The number of benzene rings is 1. The maximum atomic E-state index is 13.3. The van der Waals surface area contributed by atoms with Gasteiger partial charge in [0.1, 0.15) is 11.6 Å². The van der Waals surface area contributed by atoms with Gasteiger partial charge in [0.2, 0.25) is 0 Å². The van der Waals surface area contributed by atoms with E-state index < -0.39 is 17.0 Å². The smallest absolute Gasteiger partial charge is 0.129 e. The summed E-state index contributed by atoms with van der Waals surface area (Å²) < 4.78 is 25.9. The molecule has 0 aliphatic heterocycles. The molecule has 84 valence electrons. The van der Waals surface area contributed by atoms with Crippen molar-refractivity contribution in [2.45, 2.75) is 13.3 Å². The highest BCUT2D eigenvalue weighted by Gasteiger charge is 2.23. The summed E-state index contributed by atoms with van der Waals surface area (Å²) in [6, 6.07) is 3.42. The van der Waals surface area contributed by atoms with Gasteiger partial charge < -0.3 is 10.8 Å². The third kappa shape index (κ3) is 2.97. The summed E-state index contributed by atoms with van der Waals surface area (Å²) in [6.07, 6.45) is 0.298. The second kappa shape index (κ2) is 4.68. The number of halogens is 2. The van der Waals surface area contributed by atoms with Crippen LogP contribution in [0.3, 0.4) is 0 Å². The van der Waals surface area contributed by atoms with Crippen molar-refractivity contribution in [2.75, 3.05) is 13.2 Å². The summed E-state index contributed by atoms with van der Waals surface area (Å²) >= 11 is 0. The van der Waals surface area contributed by atoms with E-state index in [1.165, 1.54) is 12.1 Å². The van der Waals surface area contributed by atoms with Crippen molar-refractivity contribution in [3.8, 4) is 0 Å². The predicted octanol–water partition coefficient (Wildman–Crippen LogP) is 1.46. The summed E-state index contributed by atoms with van der Waals surface area (Å²) in [6.45, 7) is 1.89. The Balaban J connectivity index is 2.89. The molecular formula is C11H15F2NO. The fourth-order valence-corrected chi connectivity index (χ4v) is 1.32. The Morgan fingerprint density at radius 2 is 2.07 bits per heavy atom. The molecule has 0 fully saturated rings. The first kappa shape index (κ1) is 12.1. The van der Waals surface area contributed by atoms with Gasteiger partial charge in [0.15, 0.2) is 0 Å². The molecule has 0 heterocycles. The van der Waals surface area contributed by atoms with Crippen LogP contribution in [-0.2, 0) is 6.42 Å². The van der Waals surface area contributed by atoms with Crippen LogP contribution in [0.5, 0.6) is 0 Å². The topological polar surface area (TPSA) is 46.2 Å². The first-order valence-corrected chi connectivity index (χ1v) is 4.75. The van der Waals surface area contributed by atoms with Crippen LogP contribution in [0.4, 0.5) is 8.78 Å². The molecule has 15 heavy (non-hydrogen) atoms. The lowest BCUT2D eigenvalue weighted by Crippen LogP contribution is -2.33. The zero-order valence-corrected chi connectivity index (χ0v) is 8.63. The number of aliphatic hydroxyl groups is 1. The van der Waals surface area contributed by atoms with Crippen LogP contribution in [0.2, 0.25) is 0 Å². The number of hydrogen-bond donors (Lipinski definition) is 2. The molecule has 0 spiro atoms. The molecule has 0 bridgehead atoms. The first-order valence-electron chi connectivity index (χ1n) is 4.75. The predicted molar refractivity (Wildman–Crippen MR) is 54.3 cm³/mol. The lowest BCUT2D eigenvalue weighted by Gasteiger charge is -2.25. The zero-order chi connectivity index (χ0) is 11.5. The fraction of sp³-hybridized carbons (Fsp3) is 0.455. The number of nitrogens with two attached hydrogens (primary N) is 1. The maximum Gasteiger partial charge on any atom is 0.129 e. The summed E-state index contributed by atoms with van der Waals surface area (Å²) in [4.78, 5) is 0. The van der Waals surface area contributed by atoms with E-state index in [-0.39, 0.29) is 13.2 Å². The van der Waals surface area contributed by atoms with Gasteiger partial charge in [-0.1, -0.05) is 13.0 Å². The Kier molecular flexibility index (Phi) is 3.77. The Morgan fingerprint density at radius 3 is 2.53 bits per heavy atom. The summed E-state index contributed by atoms with van der Waals surface area (Å²) in [5.74, 6) is -1.20. The summed E-state index contributed by atoms with van der Waals surface area (Å²) in [5.41, 5.74) is 5.31. The molecule has 1 aromatic carbocycles. The molecule has 0 aliphatic carbocycles. The summed E-state index contributed by atoms with van der Waals surface area (Å²) in [7, 11) is 0. The molecule has 0 radical (unpaired) electrons. The molecule has 1 rings (SSSR count). The normalized spacial score (nSPS) is 15.0. The molecule has 1 aromatic rings. The second-order valence-corrected chi connectivity index (χ2v) is 4.09. The lowest BCUT2D eigenvalue weighted by molar-refractivity contribution is 0.148. The highest BCUT2D eigenvalue weighted by atomic mass is 19.1. The van der Waals surface area contributed by atoms with E-state index in [4.69, 9.17) is 10.8 Å². The third-order valence-corrected chi connectivity index (χ3v) is 2.51. The van der Waals surface area contributed by atoms with Gasteiger partial charge in [-0.05, 0) is 18.1 Å². The van der Waals surface area contributed by atoms with Gasteiger partial charge in [-0.25, -0.2) is 8.78 Å². The van der Waals surface area contributed by atoms with E-state index >= 15 is 0 Å². The highest BCUT2D eigenvalue weighted by molar-refractivity contribution is 5.20. The second-order valence-electron chi connectivity index (χ2n) is 4.09. The van der Waals surface area contributed by atoms with Crippen molar-refractivity contribution in [1.82, 2.24) is 0 Å². The van der Waals surface area contributed by atoms with Gasteiger partial charge >= 0.3 is 0 Å². The van der Waals surface area contributed by atoms with Gasteiger partial charge in [0.25, 0.3) is 0 Å². The van der Waals surface area contributed by atoms with Crippen molar-refractivity contribution in [2.24, 2.45) is 11.1 Å². The molecule has 1 unspecified atom stereocenters. The van der Waals surface area contributed by atoms with Crippen LogP contribution < -0.4 is 5.73 Å². The van der Waals surface area contributed by atoms with E-state index in [2.05, 4.69) is 0 Å². The van der Waals surface area contributed by atoms with Gasteiger partial charge in [0.05, 0.1) is 0 Å². The van der Waals surface area contributed by atoms with Crippen molar-refractivity contribution in [3.05, 3.63) is 35.4 Å². The lowest BCUT2D eigenvalue weighted by atomic mass is 9.84. The molecular weight excluding hydrogens is 200 g/mol. The van der Waals surface area contributed by atoms with Crippen molar-refractivity contribution < 1.29 is 13.9 Å². The van der Waals surface area contributed by atoms with E-state index in [1.807, 2.05) is 0 Å². The van der Waals surface area contributed by atoms with E-state index in [0.717, 1.165) is 6.07 Å². The number of rotatable bonds is 4. The minimum atomic E-state index is -0.602. The largest absolute Gasteiger partial charge is 0.396 e. The average molecular weight is 215 g/mol. The maximum absolute atomic E-state index is 13.3. The van der Waals surface area contributed by atoms with Crippen LogP contribution >= 0.6 is 0 Å². The van der Waals surface area contributed by atoms with Crippen LogP contribution in [-0.4, -0.2) is 18.3 Å². The molecule has 1 atom stereocenters. The van der Waals surface area contributed by atoms with Gasteiger partial charge in [-0.2, -0.15) is 0 Å². The molecule has 0 saturated carbocycles. The average Bonchev–Trinajstić information content (AvgIpc) is 2.22. The van der Waals surface area contributed by atoms with E-state index in [9.17, 15) is 8.78 Å². The van der Waals surface area contributed by atoms with Crippen molar-refractivity contribution >= 4 is 0 Å². The minimum absolute atomic E-state index is 0.125. The third-order valence-electron chi connectivity index (χ3n) is 2.51. The molecule has 3 N–H and O–H groups in total. The Labute approximate surface area is 87.7 Å². The molecule has 0 saturated heterocycles. The molecule has 2 nitrogen and oxygen atoms in total. The fourth-order valence-electron chi connectivity index (χ4n) is 1.32. The summed E-state index contributed by atoms with van der Waals surface area (Å²) in [5, 5.41) is 9.12. The SMILES string of the molecule is CC(CN)(CO)Cc1ccc(F)cc1F. The van der Waals surface area contributed by atoms with E-state index in [0.29, 0.717) is 12.0 Å². The van der Waals surface area contributed by atoms with Gasteiger partial charge in [-0.3, -0.25) is 0 Å². The van der Waals surface area contributed by atoms with Crippen molar-refractivity contribution in [3.63, 3.8) is 0 Å². The highest BCUT2D eigenvalue weighted by Crippen LogP contribution is 2.22. The minimum Gasteiger partial charge on any atom is -0.396 e. The van der Waals surface area contributed by atoms with Crippen LogP contribution in [0.15, 0.2) is 18.2 Å². The monoisotopic (exact) mass is 215 g/mol.